The first-order chi connectivity index (χ1) is 14.1. The van der Waals surface area contributed by atoms with Crippen molar-refractivity contribution in [3.8, 4) is 0 Å². The van der Waals surface area contributed by atoms with E-state index in [4.69, 9.17) is 5.73 Å². The standard InChI is InChI=1S/C19H31N5O6/c1-10(2)15(23-16(26)11-5-3-7-21-11)17(27)22-12(9-14(20)25)18(28)24-8-4-6-13(24)19(29)30/h10-13,15,21H,3-9H2,1-2H3,(H2,20,25)(H,22,27)(H,23,26)(H,29,30). The summed E-state index contributed by atoms with van der Waals surface area (Å²) in [6, 6.07) is -3.59. The Kier molecular flexibility index (Phi) is 8.16. The Morgan fingerprint density at radius 1 is 1.13 bits per heavy atom. The highest BCUT2D eigenvalue weighted by Gasteiger charge is 2.39. The van der Waals surface area contributed by atoms with Crippen LogP contribution in [0.25, 0.3) is 0 Å². The summed E-state index contributed by atoms with van der Waals surface area (Å²) in [5, 5.41) is 17.6. The molecule has 11 heteroatoms. The van der Waals surface area contributed by atoms with Crippen LogP contribution in [-0.4, -0.2) is 76.9 Å². The molecule has 0 radical (unpaired) electrons. The Morgan fingerprint density at radius 3 is 2.37 bits per heavy atom. The minimum atomic E-state index is -1.29. The zero-order valence-corrected chi connectivity index (χ0v) is 17.3. The molecule has 4 atom stereocenters. The van der Waals surface area contributed by atoms with E-state index in [9.17, 15) is 29.1 Å². The lowest BCUT2D eigenvalue weighted by Gasteiger charge is -2.29. The lowest BCUT2D eigenvalue weighted by molar-refractivity contribution is -0.149. The van der Waals surface area contributed by atoms with Gasteiger partial charge in [-0.05, 0) is 38.1 Å². The lowest BCUT2D eigenvalue weighted by atomic mass is 10.0. The van der Waals surface area contributed by atoms with Gasteiger partial charge in [-0.3, -0.25) is 19.2 Å². The number of nitrogens with one attached hydrogen (secondary N) is 3. The maximum Gasteiger partial charge on any atom is 0.326 e. The molecule has 2 saturated heterocycles. The molecule has 2 aliphatic heterocycles. The molecule has 0 saturated carbocycles. The first kappa shape index (κ1) is 23.6. The molecular weight excluding hydrogens is 394 g/mol. The number of primary amides is 1. The molecule has 2 fully saturated rings. The zero-order valence-electron chi connectivity index (χ0n) is 17.3. The van der Waals surface area contributed by atoms with Gasteiger partial charge in [0.05, 0.1) is 12.5 Å². The number of amides is 4. The third-order valence-electron chi connectivity index (χ3n) is 5.46. The third-order valence-corrected chi connectivity index (χ3v) is 5.46. The molecule has 2 aliphatic rings. The second kappa shape index (κ2) is 10.4. The molecule has 168 valence electrons. The molecule has 0 aromatic carbocycles. The number of carbonyl (C=O) groups is 5. The van der Waals surface area contributed by atoms with Crippen LogP contribution in [0.1, 0.15) is 46.0 Å². The molecule has 4 unspecified atom stereocenters. The van der Waals surface area contributed by atoms with Crippen molar-refractivity contribution >= 4 is 29.6 Å². The van der Waals surface area contributed by atoms with E-state index < -0.39 is 48.2 Å². The summed E-state index contributed by atoms with van der Waals surface area (Å²) < 4.78 is 0. The summed E-state index contributed by atoms with van der Waals surface area (Å²) in [6.45, 7) is 4.45. The van der Waals surface area contributed by atoms with Crippen molar-refractivity contribution < 1.29 is 29.1 Å². The van der Waals surface area contributed by atoms with Crippen molar-refractivity contribution in [3.05, 3.63) is 0 Å². The molecule has 0 aromatic heterocycles. The van der Waals surface area contributed by atoms with Crippen molar-refractivity contribution in [2.45, 2.75) is 70.1 Å². The number of aliphatic carboxylic acids is 1. The SMILES string of the molecule is CC(C)C(NC(=O)C1CCCN1)C(=O)NC(CC(N)=O)C(=O)N1CCCC1C(=O)O. The molecular formula is C19H31N5O6. The largest absolute Gasteiger partial charge is 0.480 e. The van der Waals surface area contributed by atoms with Gasteiger partial charge < -0.3 is 31.7 Å². The molecule has 2 heterocycles. The van der Waals surface area contributed by atoms with E-state index >= 15 is 0 Å². The van der Waals surface area contributed by atoms with Crippen molar-refractivity contribution in [1.82, 2.24) is 20.9 Å². The van der Waals surface area contributed by atoms with Crippen molar-refractivity contribution in [2.24, 2.45) is 11.7 Å². The van der Waals surface area contributed by atoms with Crippen LogP contribution in [0.2, 0.25) is 0 Å². The van der Waals surface area contributed by atoms with Gasteiger partial charge in [-0.1, -0.05) is 13.8 Å². The molecule has 30 heavy (non-hydrogen) atoms. The molecule has 11 nitrogen and oxygen atoms in total. The Hall–Kier alpha value is -2.69. The van der Waals surface area contributed by atoms with E-state index in [2.05, 4.69) is 16.0 Å². The van der Waals surface area contributed by atoms with Crippen LogP contribution in [0.5, 0.6) is 0 Å². The predicted octanol–water partition coefficient (Wildman–Crippen LogP) is -1.68. The number of carbonyl (C=O) groups excluding carboxylic acids is 4. The van der Waals surface area contributed by atoms with Gasteiger partial charge in [0.1, 0.15) is 18.1 Å². The van der Waals surface area contributed by atoms with Crippen molar-refractivity contribution in [3.63, 3.8) is 0 Å². The summed E-state index contributed by atoms with van der Waals surface area (Å²) in [5.41, 5.74) is 5.24. The highest BCUT2D eigenvalue weighted by atomic mass is 16.4. The van der Waals surface area contributed by atoms with Crippen LogP contribution in [0.15, 0.2) is 0 Å². The summed E-state index contributed by atoms with van der Waals surface area (Å²) in [5.74, 6) is -3.82. The second-order valence-electron chi connectivity index (χ2n) is 8.14. The summed E-state index contributed by atoms with van der Waals surface area (Å²) in [7, 11) is 0. The summed E-state index contributed by atoms with van der Waals surface area (Å²) in [6.07, 6.45) is 1.89. The molecule has 2 rings (SSSR count). The number of nitrogens with two attached hydrogens (primary N) is 1. The van der Waals surface area contributed by atoms with Crippen LogP contribution in [-0.2, 0) is 24.0 Å². The number of likely N-dealkylation sites (tertiary alicyclic amines) is 1. The van der Waals surface area contributed by atoms with E-state index in [1.165, 1.54) is 0 Å². The quantitative estimate of drug-likeness (QED) is 0.293. The molecule has 0 aliphatic carbocycles. The Labute approximate surface area is 175 Å². The van der Waals surface area contributed by atoms with Crippen molar-refractivity contribution in [2.75, 3.05) is 13.1 Å². The number of nitrogens with zero attached hydrogens (tertiary/aromatic N) is 1. The third kappa shape index (κ3) is 5.91. The van der Waals surface area contributed by atoms with Gasteiger partial charge >= 0.3 is 5.97 Å². The number of carboxylic acid groups (broad SMARTS) is 1. The van der Waals surface area contributed by atoms with E-state index in [1.54, 1.807) is 13.8 Å². The number of hydrogen-bond donors (Lipinski definition) is 5. The van der Waals surface area contributed by atoms with Crippen LogP contribution >= 0.6 is 0 Å². The van der Waals surface area contributed by atoms with Gasteiger partial charge in [-0.2, -0.15) is 0 Å². The minimum absolute atomic E-state index is 0.221. The smallest absolute Gasteiger partial charge is 0.326 e. The van der Waals surface area contributed by atoms with Gasteiger partial charge in [0, 0.05) is 6.54 Å². The van der Waals surface area contributed by atoms with Crippen LogP contribution < -0.4 is 21.7 Å². The van der Waals surface area contributed by atoms with Gasteiger partial charge in [0.15, 0.2) is 0 Å². The highest BCUT2D eigenvalue weighted by molar-refractivity contribution is 5.96. The number of hydrogen-bond acceptors (Lipinski definition) is 6. The van der Waals surface area contributed by atoms with Crippen LogP contribution in [0.3, 0.4) is 0 Å². The minimum Gasteiger partial charge on any atom is -0.480 e. The predicted molar refractivity (Wildman–Crippen MR) is 106 cm³/mol. The van der Waals surface area contributed by atoms with Gasteiger partial charge in [-0.15, -0.1) is 0 Å². The number of carboxylic acids is 1. The average molecular weight is 425 g/mol. The Morgan fingerprint density at radius 2 is 1.83 bits per heavy atom. The maximum absolute atomic E-state index is 12.9. The van der Waals surface area contributed by atoms with Gasteiger partial charge in [0.25, 0.3) is 0 Å². The Balaban J connectivity index is 2.11. The van der Waals surface area contributed by atoms with E-state index in [-0.39, 0.29) is 24.4 Å². The molecule has 0 aromatic rings. The summed E-state index contributed by atoms with van der Waals surface area (Å²) >= 11 is 0. The molecule has 0 bridgehead atoms. The number of rotatable bonds is 9. The van der Waals surface area contributed by atoms with Crippen LogP contribution in [0.4, 0.5) is 0 Å². The molecule has 4 amide bonds. The topological polar surface area (TPSA) is 171 Å². The fraction of sp³-hybridized carbons (Fsp3) is 0.737. The van der Waals surface area contributed by atoms with Crippen molar-refractivity contribution in [1.29, 1.82) is 0 Å². The van der Waals surface area contributed by atoms with E-state index in [0.29, 0.717) is 19.3 Å². The normalized spacial score (nSPS) is 23.1. The zero-order chi connectivity index (χ0) is 22.4. The molecule has 6 N–H and O–H groups in total. The fourth-order valence-electron chi connectivity index (χ4n) is 3.85. The van der Waals surface area contributed by atoms with Gasteiger partial charge in [0.2, 0.25) is 23.6 Å². The average Bonchev–Trinajstić information content (AvgIpc) is 3.35. The lowest BCUT2D eigenvalue weighted by Crippen LogP contribution is -2.58. The fourth-order valence-corrected chi connectivity index (χ4v) is 3.85. The monoisotopic (exact) mass is 425 g/mol. The second-order valence-corrected chi connectivity index (χ2v) is 8.14. The first-order valence-electron chi connectivity index (χ1n) is 10.3. The maximum atomic E-state index is 12.9. The first-order valence-corrected chi connectivity index (χ1v) is 10.3. The van der Waals surface area contributed by atoms with E-state index in [0.717, 1.165) is 17.9 Å². The van der Waals surface area contributed by atoms with Crippen LogP contribution in [0, 0.1) is 5.92 Å². The Bertz CT molecular complexity index is 691. The van der Waals surface area contributed by atoms with E-state index in [1.807, 2.05) is 0 Å². The summed E-state index contributed by atoms with van der Waals surface area (Å²) in [4.78, 5) is 62.2. The van der Waals surface area contributed by atoms with Gasteiger partial charge in [-0.25, -0.2) is 4.79 Å². The highest BCUT2D eigenvalue weighted by Crippen LogP contribution is 2.19. The molecule has 0 spiro atoms.